The predicted octanol–water partition coefficient (Wildman–Crippen LogP) is 6.41. The van der Waals surface area contributed by atoms with Gasteiger partial charge >= 0.3 is 5.97 Å². The molecule has 0 fully saturated rings. The van der Waals surface area contributed by atoms with Crippen LogP contribution in [-0.4, -0.2) is 47.5 Å². The van der Waals surface area contributed by atoms with Crippen molar-refractivity contribution in [1.29, 1.82) is 0 Å². The Balaban J connectivity index is 1.52. The van der Waals surface area contributed by atoms with E-state index in [9.17, 15) is 14.4 Å². The highest BCUT2D eigenvalue weighted by atomic mass is 16.5. The van der Waals surface area contributed by atoms with Gasteiger partial charge in [-0.05, 0) is 66.3 Å². The molecule has 7 nitrogen and oxygen atoms in total. The summed E-state index contributed by atoms with van der Waals surface area (Å²) in [5.41, 5.74) is 4.49. The number of hydrogen-bond acceptors (Lipinski definition) is 4. The highest BCUT2D eigenvalue weighted by Crippen LogP contribution is 2.28. The Hall–Kier alpha value is -4.91. The second-order valence-electron chi connectivity index (χ2n) is 10.2. The van der Waals surface area contributed by atoms with Crippen LogP contribution in [0.5, 0.6) is 5.75 Å². The van der Waals surface area contributed by atoms with E-state index < -0.39 is 12.6 Å². The van der Waals surface area contributed by atoms with Gasteiger partial charge in [-0.3, -0.25) is 9.59 Å². The van der Waals surface area contributed by atoms with E-state index in [2.05, 4.69) is 29.6 Å². The largest absolute Gasteiger partial charge is 0.482 e. The van der Waals surface area contributed by atoms with Gasteiger partial charge in [0.2, 0.25) is 5.91 Å². The van der Waals surface area contributed by atoms with Crippen LogP contribution in [0.2, 0.25) is 0 Å². The lowest BCUT2D eigenvalue weighted by Crippen LogP contribution is -2.34. The fourth-order valence-electron chi connectivity index (χ4n) is 5.02. The molecule has 0 aromatic heterocycles. The SMILES string of the molecule is CC(=O)Nc1cccc(C(=O)N(CCCc2cccc(OCC(=O)O)c2)CCC(c2ccccc2)c2ccccc2)c1. The Labute approximate surface area is 246 Å². The lowest BCUT2D eigenvalue weighted by atomic mass is 9.88. The summed E-state index contributed by atoms with van der Waals surface area (Å²) in [7, 11) is 0. The summed E-state index contributed by atoms with van der Waals surface area (Å²) in [6.07, 6.45) is 2.14. The number of carboxylic acids is 1. The van der Waals surface area contributed by atoms with Crippen LogP contribution in [0.25, 0.3) is 0 Å². The lowest BCUT2D eigenvalue weighted by Gasteiger charge is -2.26. The summed E-state index contributed by atoms with van der Waals surface area (Å²) >= 11 is 0. The molecule has 0 unspecified atom stereocenters. The number of nitrogens with one attached hydrogen (secondary N) is 1. The second kappa shape index (κ2) is 15.2. The van der Waals surface area contributed by atoms with Gasteiger partial charge in [-0.25, -0.2) is 4.79 Å². The summed E-state index contributed by atoms with van der Waals surface area (Å²) in [5, 5.41) is 11.7. The molecule has 216 valence electrons. The molecule has 0 aliphatic carbocycles. The van der Waals surface area contributed by atoms with Crippen molar-refractivity contribution in [2.24, 2.45) is 0 Å². The summed E-state index contributed by atoms with van der Waals surface area (Å²) in [6.45, 7) is 2.11. The summed E-state index contributed by atoms with van der Waals surface area (Å²) < 4.78 is 5.33. The van der Waals surface area contributed by atoms with E-state index >= 15 is 0 Å². The van der Waals surface area contributed by atoms with Crippen LogP contribution in [0.1, 0.15) is 52.7 Å². The molecule has 0 saturated heterocycles. The zero-order valence-corrected chi connectivity index (χ0v) is 23.7. The molecule has 4 aromatic carbocycles. The normalized spacial score (nSPS) is 10.7. The molecule has 0 saturated carbocycles. The van der Waals surface area contributed by atoms with Crippen LogP contribution >= 0.6 is 0 Å². The topological polar surface area (TPSA) is 95.9 Å². The molecule has 0 aliphatic heterocycles. The van der Waals surface area contributed by atoms with Gasteiger partial charge in [0.15, 0.2) is 6.61 Å². The minimum atomic E-state index is -1.03. The number of ether oxygens (including phenoxy) is 1. The first kappa shape index (κ1) is 30.1. The number of carboxylic acid groups (broad SMARTS) is 1. The first-order valence-corrected chi connectivity index (χ1v) is 14.1. The third kappa shape index (κ3) is 9.06. The van der Waals surface area contributed by atoms with Gasteiger partial charge in [-0.2, -0.15) is 0 Å². The van der Waals surface area contributed by atoms with Crippen molar-refractivity contribution in [1.82, 2.24) is 4.90 Å². The third-order valence-electron chi connectivity index (χ3n) is 6.96. The molecule has 4 rings (SSSR count). The van der Waals surface area contributed by atoms with Crippen LogP contribution in [0.15, 0.2) is 109 Å². The van der Waals surface area contributed by atoms with E-state index in [1.807, 2.05) is 59.5 Å². The monoisotopic (exact) mass is 564 g/mol. The summed E-state index contributed by atoms with van der Waals surface area (Å²) in [6, 6.07) is 35.1. The highest BCUT2D eigenvalue weighted by Gasteiger charge is 2.20. The Morgan fingerprint density at radius 3 is 2.12 bits per heavy atom. The number of benzene rings is 4. The van der Waals surface area contributed by atoms with Gasteiger partial charge < -0.3 is 20.1 Å². The van der Waals surface area contributed by atoms with E-state index in [1.165, 1.54) is 18.1 Å². The Morgan fingerprint density at radius 2 is 1.48 bits per heavy atom. The highest BCUT2D eigenvalue weighted by molar-refractivity contribution is 5.96. The fourth-order valence-corrected chi connectivity index (χ4v) is 5.02. The van der Waals surface area contributed by atoms with Crippen LogP contribution in [0, 0.1) is 0 Å². The number of rotatable bonds is 14. The first-order chi connectivity index (χ1) is 20.4. The van der Waals surface area contributed by atoms with Gasteiger partial charge in [0.05, 0.1) is 0 Å². The number of aliphatic carboxylic acids is 1. The number of nitrogens with zero attached hydrogens (tertiary/aromatic N) is 1. The number of anilines is 1. The molecule has 4 aromatic rings. The average molecular weight is 565 g/mol. The van der Waals surface area contributed by atoms with E-state index in [1.54, 1.807) is 30.3 Å². The maximum absolute atomic E-state index is 13.9. The van der Waals surface area contributed by atoms with Gasteiger partial charge in [0, 0.05) is 37.2 Å². The van der Waals surface area contributed by atoms with Gasteiger partial charge in [-0.1, -0.05) is 78.9 Å². The fraction of sp³-hybridized carbons (Fsp3) is 0.229. The molecule has 0 radical (unpaired) electrons. The zero-order valence-electron chi connectivity index (χ0n) is 23.7. The Bertz CT molecular complexity index is 1430. The van der Waals surface area contributed by atoms with Crippen molar-refractivity contribution in [2.75, 3.05) is 25.0 Å². The quantitative estimate of drug-likeness (QED) is 0.185. The summed E-state index contributed by atoms with van der Waals surface area (Å²) in [4.78, 5) is 38.2. The van der Waals surface area contributed by atoms with Crippen LogP contribution in [0.4, 0.5) is 5.69 Å². The van der Waals surface area contributed by atoms with Crippen LogP contribution in [-0.2, 0) is 16.0 Å². The Morgan fingerprint density at radius 1 is 0.810 bits per heavy atom. The standard InChI is InChI=1S/C35H36N2O5/c1-26(38)36-31-18-9-17-30(24-31)35(41)37(21-10-12-27-11-8-19-32(23-27)42-25-34(39)40)22-20-33(28-13-4-2-5-14-28)29-15-6-3-7-16-29/h2-9,11,13-19,23-24,33H,10,12,20-22,25H2,1H3,(H,36,38)(H,39,40). The van der Waals surface area contributed by atoms with Gasteiger partial charge in [-0.15, -0.1) is 0 Å². The van der Waals surface area contributed by atoms with E-state index in [0.717, 1.165) is 12.0 Å². The van der Waals surface area contributed by atoms with Crippen molar-refractivity contribution in [3.05, 3.63) is 131 Å². The maximum atomic E-state index is 13.9. The molecule has 0 aliphatic rings. The number of amides is 2. The second-order valence-corrected chi connectivity index (χ2v) is 10.2. The van der Waals surface area contributed by atoms with Crippen molar-refractivity contribution in [2.45, 2.75) is 32.1 Å². The minimum absolute atomic E-state index is 0.0967. The van der Waals surface area contributed by atoms with E-state index in [4.69, 9.17) is 9.84 Å². The number of hydrogen-bond donors (Lipinski definition) is 2. The number of carbonyl (C=O) groups is 3. The minimum Gasteiger partial charge on any atom is -0.482 e. The van der Waals surface area contributed by atoms with Crippen LogP contribution < -0.4 is 10.1 Å². The summed E-state index contributed by atoms with van der Waals surface area (Å²) in [5.74, 6) is -0.690. The molecule has 0 bridgehead atoms. The molecule has 0 atom stereocenters. The molecular formula is C35H36N2O5. The van der Waals surface area contributed by atoms with Crippen molar-refractivity contribution < 1.29 is 24.2 Å². The number of carbonyl (C=O) groups excluding carboxylic acids is 2. The van der Waals surface area contributed by atoms with Crippen molar-refractivity contribution in [3.8, 4) is 5.75 Å². The van der Waals surface area contributed by atoms with E-state index in [-0.39, 0.29) is 17.7 Å². The molecule has 7 heteroatoms. The zero-order chi connectivity index (χ0) is 29.7. The van der Waals surface area contributed by atoms with Gasteiger partial charge in [0.1, 0.15) is 5.75 Å². The molecular weight excluding hydrogens is 528 g/mol. The van der Waals surface area contributed by atoms with Gasteiger partial charge in [0.25, 0.3) is 5.91 Å². The van der Waals surface area contributed by atoms with E-state index in [0.29, 0.717) is 42.9 Å². The smallest absolute Gasteiger partial charge is 0.341 e. The average Bonchev–Trinajstić information content (AvgIpc) is 3.00. The third-order valence-corrected chi connectivity index (χ3v) is 6.96. The predicted molar refractivity (Wildman–Crippen MR) is 164 cm³/mol. The lowest BCUT2D eigenvalue weighted by molar-refractivity contribution is -0.139. The van der Waals surface area contributed by atoms with Crippen molar-refractivity contribution in [3.63, 3.8) is 0 Å². The Kier molecular flexibility index (Phi) is 10.9. The molecule has 42 heavy (non-hydrogen) atoms. The molecule has 0 spiro atoms. The molecule has 0 heterocycles. The van der Waals surface area contributed by atoms with Crippen molar-refractivity contribution >= 4 is 23.5 Å². The molecule has 2 N–H and O–H groups in total. The van der Waals surface area contributed by atoms with Crippen LogP contribution in [0.3, 0.4) is 0 Å². The number of aryl methyl sites for hydroxylation is 1. The molecule has 2 amide bonds. The maximum Gasteiger partial charge on any atom is 0.341 e. The first-order valence-electron chi connectivity index (χ1n) is 14.1.